The summed E-state index contributed by atoms with van der Waals surface area (Å²) in [5, 5.41) is 6.98. The van der Waals surface area contributed by atoms with Gasteiger partial charge in [-0.05, 0) is 49.4 Å². The molecule has 3 aromatic heterocycles. The quantitative estimate of drug-likeness (QED) is 0.242. The lowest BCUT2D eigenvalue weighted by Gasteiger charge is -2.27. The molecule has 10 nitrogen and oxygen atoms in total. The van der Waals surface area contributed by atoms with E-state index in [2.05, 4.69) is 25.5 Å². The van der Waals surface area contributed by atoms with Gasteiger partial charge in [0.05, 0.1) is 11.2 Å². The lowest BCUT2D eigenvalue weighted by molar-refractivity contribution is 0.198. The maximum absolute atomic E-state index is 12.3. The fourth-order valence-electron chi connectivity index (χ4n) is 4.77. The van der Waals surface area contributed by atoms with Gasteiger partial charge >= 0.3 is 6.09 Å². The summed E-state index contributed by atoms with van der Waals surface area (Å²) in [7, 11) is 0. The van der Waals surface area contributed by atoms with E-state index in [0.717, 1.165) is 53.5 Å². The van der Waals surface area contributed by atoms with Gasteiger partial charge in [0.1, 0.15) is 5.82 Å². The van der Waals surface area contributed by atoms with Gasteiger partial charge in [-0.15, -0.1) is 0 Å². The van der Waals surface area contributed by atoms with Crippen molar-refractivity contribution in [3.05, 3.63) is 84.2 Å². The first-order valence-electron chi connectivity index (χ1n) is 13.4. The summed E-state index contributed by atoms with van der Waals surface area (Å²) in [5.74, 6) is 2.11. The highest BCUT2D eigenvalue weighted by atomic mass is 16.6. The monoisotopic (exact) mass is 534 g/mol. The maximum Gasteiger partial charge on any atom is 0.414 e. The van der Waals surface area contributed by atoms with Gasteiger partial charge in [-0.25, -0.2) is 19.7 Å². The molecule has 4 heterocycles. The number of rotatable bonds is 7. The normalized spacial score (nSPS) is 13.3. The molecule has 0 radical (unpaired) electrons. The van der Waals surface area contributed by atoms with Crippen LogP contribution in [0.1, 0.15) is 30.4 Å². The minimum atomic E-state index is -0.542. The molecular weight excluding hydrogens is 504 g/mol. The Morgan fingerprint density at radius 2 is 1.80 bits per heavy atom. The molecule has 1 aliphatic heterocycles. The zero-order valence-corrected chi connectivity index (χ0v) is 22.2. The molecule has 1 saturated heterocycles. The van der Waals surface area contributed by atoms with Crippen molar-refractivity contribution in [2.45, 2.75) is 32.7 Å². The molecule has 0 saturated carbocycles. The van der Waals surface area contributed by atoms with Crippen LogP contribution >= 0.6 is 0 Å². The van der Waals surface area contributed by atoms with Crippen molar-refractivity contribution >= 4 is 34.7 Å². The number of hydrogen-bond acceptors (Lipinski definition) is 8. The first-order chi connectivity index (χ1) is 19.6. The number of para-hydroxylation sites is 1. The molecule has 1 fully saturated rings. The Morgan fingerprint density at radius 1 is 1.00 bits per heavy atom. The Kier molecular flexibility index (Phi) is 7.21. The number of fused-ring (bicyclic) bond motifs is 1. The lowest BCUT2D eigenvalue weighted by Crippen LogP contribution is -2.31. The smallest absolute Gasteiger partial charge is 0.393 e. The van der Waals surface area contributed by atoms with Crippen molar-refractivity contribution in [3.63, 3.8) is 0 Å². The van der Waals surface area contributed by atoms with E-state index in [-0.39, 0.29) is 0 Å². The number of nitrogens with one attached hydrogen (secondary N) is 3. The molecule has 0 unspecified atom stereocenters. The van der Waals surface area contributed by atoms with E-state index in [4.69, 9.17) is 19.7 Å². The van der Waals surface area contributed by atoms with Crippen LogP contribution in [0.3, 0.4) is 0 Å². The minimum absolute atomic E-state index is 0.320. The Bertz CT molecular complexity index is 1630. The number of piperidine rings is 1. The van der Waals surface area contributed by atoms with Gasteiger partial charge in [0.25, 0.3) is 0 Å². The molecule has 0 bridgehead atoms. The second-order valence-electron chi connectivity index (χ2n) is 9.77. The van der Waals surface area contributed by atoms with Crippen molar-refractivity contribution in [2.75, 3.05) is 23.3 Å². The predicted molar refractivity (Wildman–Crippen MR) is 155 cm³/mol. The largest absolute Gasteiger partial charge is 0.414 e. The molecule has 0 aliphatic carbocycles. The number of aromatic nitrogens is 5. The number of ether oxygens (including phenoxy) is 1. The topological polar surface area (TPSA) is 121 Å². The van der Waals surface area contributed by atoms with Crippen LogP contribution in [0.25, 0.3) is 22.2 Å². The Morgan fingerprint density at radius 3 is 2.65 bits per heavy atom. The number of H-pyrrole nitrogens is 1. The third kappa shape index (κ3) is 5.70. The third-order valence-corrected chi connectivity index (χ3v) is 6.84. The van der Waals surface area contributed by atoms with Gasteiger partial charge in [-0.2, -0.15) is 4.98 Å². The van der Waals surface area contributed by atoms with E-state index in [1.54, 1.807) is 18.5 Å². The predicted octanol–water partition coefficient (Wildman–Crippen LogP) is 5.75. The number of aromatic amines is 1. The SMILES string of the molecule is Cc1cnc(Nc2nc(N3CCCCC3)nc3ccccc23)nc1-c1c[nH]c(OC(=O)NCc2ccccc2)c1. The van der Waals surface area contributed by atoms with Crippen molar-refractivity contribution in [2.24, 2.45) is 0 Å². The van der Waals surface area contributed by atoms with Crippen molar-refractivity contribution in [3.8, 4) is 17.1 Å². The zero-order chi connectivity index (χ0) is 27.3. The number of aryl methyl sites for hydroxylation is 1. The molecule has 10 heteroatoms. The number of anilines is 3. The van der Waals surface area contributed by atoms with Gasteiger partial charge in [-0.1, -0.05) is 42.5 Å². The Labute approximate surface area is 231 Å². The van der Waals surface area contributed by atoms with Gasteiger partial charge in [-0.3, -0.25) is 0 Å². The number of nitrogens with zero attached hydrogens (tertiary/aromatic N) is 5. The summed E-state index contributed by atoms with van der Waals surface area (Å²) in [4.78, 5) is 36.5. The highest BCUT2D eigenvalue weighted by Crippen LogP contribution is 2.29. The molecule has 3 N–H and O–H groups in total. The van der Waals surface area contributed by atoms with Crippen LogP contribution in [0.5, 0.6) is 5.88 Å². The zero-order valence-electron chi connectivity index (χ0n) is 22.2. The molecule has 6 rings (SSSR count). The standard InChI is InChI=1S/C30H30N8O2/c1-20-17-32-28(36-27-23-12-6-7-13-24(23)34-29(37-27)38-14-8-3-9-15-38)35-26(20)22-16-25(31-19-22)40-30(39)33-18-21-10-4-2-5-11-21/h2,4-7,10-13,16-17,19,31H,3,8-9,14-15,18H2,1H3,(H,33,39)(H,32,34,35,36,37). The second kappa shape index (κ2) is 11.4. The fourth-order valence-corrected chi connectivity index (χ4v) is 4.77. The van der Waals surface area contributed by atoms with E-state index in [9.17, 15) is 4.79 Å². The molecular formula is C30H30N8O2. The number of amides is 1. The van der Waals surface area contributed by atoms with Crippen molar-refractivity contribution in [1.82, 2.24) is 30.2 Å². The van der Waals surface area contributed by atoms with Gasteiger partial charge < -0.3 is 25.3 Å². The van der Waals surface area contributed by atoms with Crippen LogP contribution in [-0.2, 0) is 6.54 Å². The van der Waals surface area contributed by atoms with Crippen LogP contribution in [0.2, 0.25) is 0 Å². The first-order valence-corrected chi connectivity index (χ1v) is 13.4. The minimum Gasteiger partial charge on any atom is -0.393 e. The average Bonchev–Trinajstić information content (AvgIpc) is 3.46. The lowest BCUT2D eigenvalue weighted by atomic mass is 10.1. The average molecular weight is 535 g/mol. The highest BCUT2D eigenvalue weighted by Gasteiger charge is 2.18. The number of benzene rings is 2. The fraction of sp³-hybridized carbons (Fsp3) is 0.233. The number of hydrogen-bond donors (Lipinski definition) is 3. The van der Waals surface area contributed by atoms with Gasteiger partial charge in [0, 0.05) is 49.0 Å². The summed E-state index contributed by atoms with van der Waals surface area (Å²) in [6.07, 6.45) is 6.49. The molecule has 5 aromatic rings. The van der Waals surface area contributed by atoms with Crippen molar-refractivity contribution < 1.29 is 9.53 Å². The number of carbonyl (C=O) groups is 1. The van der Waals surface area contributed by atoms with E-state index in [1.807, 2.05) is 61.5 Å². The molecule has 40 heavy (non-hydrogen) atoms. The number of carbonyl (C=O) groups excluding carboxylic acids is 1. The highest BCUT2D eigenvalue weighted by molar-refractivity contribution is 5.91. The summed E-state index contributed by atoms with van der Waals surface area (Å²) in [6, 6.07) is 19.3. The summed E-state index contributed by atoms with van der Waals surface area (Å²) >= 11 is 0. The summed E-state index contributed by atoms with van der Waals surface area (Å²) < 4.78 is 5.44. The molecule has 202 valence electrons. The first kappa shape index (κ1) is 25.3. The van der Waals surface area contributed by atoms with E-state index in [1.165, 1.54) is 6.42 Å². The van der Waals surface area contributed by atoms with Crippen LogP contribution in [0.15, 0.2) is 73.1 Å². The third-order valence-electron chi connectivity index (χ3n) is 6.84. The van der Waals surface area contributed by atoms with E-state index >= 15 is 0 Å². The summed E-state index contributed by atoms with van der Waals surface area (Å²) in [5.41, 5.74) is 4.22. The van der Waals surface area contributed by atoms with Crippen LogP contribution in [0, 0.1) is 6.92 Å². The molecule has 1 aliphatic rings. The van der Waals surface area contributed by atoms with Crippen LogP contribution < -0.4 is 20.3 Å². The Balaban J connectivity index is 1.21. The van der Waals surface area contributed by atoms with Crippen LogP contribution in [0.4, 0.5) is 22.5 Å². The molecule has 1 amide bonds. The molecule has 0 spiro atoms. The summed E-state index contributed by atoms with van der Waals surface area (Å²) in [6.45, 7) is 4.22. The van der Waals surface area contributed by atoms with E-state index in [0.29, 0.717) is 35.8 Å². The Hall–Kier alpha value is -4.99. The van der Waals surface area contributed by atoms with Gasteiger partial charge in [0.15, 0.2) is 0 Å². The maximum atomic E-state index is 12.3. The molecule has 0 atom stereocenters. The van der Waals surface area contributed by atoms with Gasteiger partial charge in [0.2, 0.25) is 17.8 Å². The van der Waals surface area contributed by atoms with Crippen LogP contribution in [-0.4, -0.2) is 44.1 Å². The second-order valence-corrected chi connectivity index (χ2v) is 9.77. The van der Waals surface area contributed by atoms with E-state index < -0.39 is 6.09 Å². The van der Waals surface area contributed by atoms with Crippen molar-refractivity contribution in [1.29, 1.82) is 0 Å². The molecule has 2 aromatic carbocycles.